The first-order chi connectivity index (χ1) is 8.41. The molecule has 8 heteroatoms. The smallest absolute Gasteiger partial charge is 0.228 e. The lowest BCUT2D eigenvalue weighted by Crippen LogP contribution is -2.32. The van der Waals surface area contributed by atoms with Gasteiger partial charge in [-0.25, -0.2) is 18.5 Å². The molecule has 2 heterocycles. The summed E-state index contributed by atoms with van der Waals surface area (Å²) in [7, 11) is -3.74. The van der Waals surface area contributed by atoms with Gasteiger partial charge in [-0.15, -0.1) is 0 Å². The van der Waals surface area contributed by atoms with Crippen LogP contribution >= 0.6 is 0 Å². The Bertz CT molecular complexity index is 635. The summed E-state index contributed by atoms with van der Waals surface area (Å²) in [5, 5.41) is 12.8. The lowest BCUT2D eigenvalue weighted by Gasteiger charge is -2.16. The molecular formula is C10H10N4O3S. The molecule has 0 aromatic carbocycles. The molecule has 0 saturated carbocycles. The molecule has 94 valence electrons. The van der Waals surface area contributed by atoms with Crippen LogP contribution in [0.2, 0.25) is 0 Å². The molecule has 0 spiro atoms. The molecule has 1 aromatic heterocycles. The summed E-state index contributed by atoms with van der Waals surface area (Å²) in [6, 6.07) is 4.83. The van der Waals surface area contributed by atoms with E-state index in [0.717, 1.165) is 0 Å². The van der Waals surface area contributed by atoms with Crippen LogP contribution in [0.1, 0.15) is 12.1 Å². The fourth-order valence-corrected chi connectivity index (χ4v) is 2.52. The molecule has 1 amide bonds. The Labute approximate surface area is 104 Å². The average Bonchev–Trinajstić information content (AvgIpc) is 2.71. The van der Waals surface area contributed by atoms with E-state index in [-0.39, 0.29) is 24.6 Å². The highest BCUT2D eigenvalue weighted by Crippen LogP contribution is 2.24. The fraction of sp³-hybridized carbons (Fsp3) is 0.300. The van der Waals surface area contributed by atoms with Crippen molar-refractivity contribution in [3.05, 3.63) is 24.0 Å². The number of hydrogen-bond acceptors (Lipinski definition) is 5. The Morgan fingerprint density at radius 1 is 1.56 bits per heavy atom. The number of pyridine rings is 1. The minimum absolute atomic E-state index is 0.00650. The maximum absolute atomic E-state index is 11.7. The van der Waals surface area contributed by atoms with Crippen LogP contribution in [-0.2, 0) is 14.8 Å². The van der Waals surface area contributed by atoms with Crippen molar-refractivity contribution in [2.75, 3.05) is 11.4 Å². The van der Waals surface area contributed by atoms with Crippen molar-refractivity contribution in [3.8, 4) is 6.07 Å². The van der Waals surface area contributed by atoms with E-state index in [1.54, 1.807) is 6.07 Å². The third-order valence-corrected chi connectivity index (χ3v) is 3.97. The van der Waals surface area contributed by atoms with Gasteiger partial charge in [0.25, 0.3) is 0 Å². The number of nitriles is 1. The molecule has 7 nitrogen and oxygen atoms in total. The number of carbonyl (C=O) groups is 1. The fourth-order valence-electron chi connectivity index (χ4n) is 1.79. The van der Waals surface area contributed by atoms with Crippen LogP contribution in [0.4, 0.5) is 5.69 Å². The molecule has 0 radical (unpaired) electrons. The van der Waals surface area contributed by atoms with Gasteiger partial charge in [0.1, 0.15) is 17.0 Å². The van der Waals surface area contributed by atoms with Gasteiger partial charge >= 0.3 is 0 Å². The summed E-state index contributed by atoms with van der Waals surface area (Å²) in [5.41, 5.74) is 0.622. The highest BCUT2D eigenvalue weighted by Gasteiger charge is 2.37. The first-order valence-electron chi connectivity index (χ1n) is 5.10. The molecule has 1 atom stereocenters. The van der Waals surface area contributed by atoms with Crippen molar-refractivity contribution in [1.82, 2.24) is 4.98 Å². The van der Waals surface area contributed by atoms with Gasteiger partial charge < -0.3 is 4.90 Å². The standard InChI is InChI=1S/C10H10N4O3S/c11-5-7-3-8(1-2-13-7)14-6-9(4-10(14)15)18(12,16)17/h1-3,9H,4,6H2,(H2,12,16,17). The van der Waals surface area contributed by atoms with Gasteiger partial charge in [0.2, 0.25) is 15.9 Å². The number of primary sulfonamides is 1. The summed E-state index contributed by atoms with van der Waals surface area (Å²) in [5.74, 6) is -0.330. The molecule has 1 unspecified atom stereocenters. The second kappa shape index (κ2) is 4.36. The lowest BCUT2D eigenvalue weighted by molar-refractivity contribution is -0.117. The maximum Gasteiger partial charge on any atom is 0.228 e. The number of anilines is 1. The summed E-state index contributed by atoms with van der Waals surface area (Å²) >= 11 is 0. The normalized spacial score (nSPS) is 19.9. The van der Waals surface area contributed by atoms with E-state index in [4.69, 9.17) is 10.4 Å². The Hall–Kier alpha value is -1.98. The lowest BCUT2D eigenvalue weighted by atomic mass is 10.3. The molecule has 2 N–H and O–H groups in total. The van der Waals surface area contributed by atoms with E-state index in [2.05, 4.69) is 4.98 Å². The molecule has 2 rings (SSSR count). The molecule has 1 fully saturated rings. The number of nitrogens with zero attached hydrogens (tertiary/aromatic N) is 3. The van der Waals surface area contributed by atoms with Crippen LogP contribution in [0, 0.1) is 11.3 Å². The van der Waals surface area contributed by atoms with Crippen molar-refractivity contribution in [2.45, 2.75) is 11.7 Å². The molecule has 18 heavy (non-hydrogen) atoms. The first-order valence-corrected chi connectivity index (χ1v) is 6.71. The minimum atomic E-state index is -3.74. The van der Waals surface area contributed by atoms with Crippen LogP contribution in [-0.4, -0.2) is 31.1 Å². The van der Waals surface area contributed by atoms with E-state index in [9.17, 15) is 13.2 Å². The number of carbonyl (C=O) groups excluding carboxylic acids is 1. The van der Waals surface area contributed by atoms with Gasteiger partial charge in [-0.2, -0.15) is 5.26 Å². The second-order valence-corrected chi connectivity index (χ2v) is 5.78. The minimum Gasteiger partial charge on any atom is -0.311 e. The van der Waals surface area contributed by atoms with Crippen molar-refractivity contribution in [2.24, 2.45) is 5.14 Å². The predicted octanol–water partition coefficient (Wildman–Crippen LogP) is -0.653. The highest BCUT2D eigenvalue weighted by molar-refractivity contribution is 7.89. The van der Waals surface area contributed by atoms with Crippen molar-refractivity contribution in [1.29, 1.82) is 5.26 Å². The van der Waals surface area contributed by atoms with Crippen molar-refractivity contribution in [3.63, 3.8) is 0 Å². The summed E-state index contributed by atoms with van der Waals surface area (Å²) < 4.78 is 22.4. The topological polar surface area (TPSA) is 117 Å². The van der Waals surface area contributed by atoms with E-state index in [0.29, 0.717) is 5.69 Å². The monoisotopic (exact) mass is 266 g/mol. The number of rotatable bonds is 2. The SMILES string of the molecule is N#Cc1cc(N2CC(S(N)(=O)=O)CC2=O)ccn1. The Balaban J connectivity index is 2.30. The number of sulfonamides is 1. The summed E-state index contributed by atoms with van der Waals surface area (Å²) in [6.07, 6.45) is 1.26. The van der Waals surface area contributed by atoms with Crippen LogP contribution in [0.5, 0.6) is 0 Å². The third-order valence-electron chi connectivity index (χ3n) is 2.72. The zero-order valence-corrected chi connectivity index (χ0v) is 10.1. The van der Waals surface area contributed by atoms with Crippen molar-refractivity contribution < 1.29 is 13.2 Å². The second-order valence-electron chi connectivity index (χ2n) is 3.93. The molecule has 1 aromatic rings. The molecule has 1 saturated heterocycles. The Morgan fingerprint density at radius 2 is 2.28 bits per heavy atom. The Kier molecular flexibility index (Phi) is 3.02. The van der Waals surface area contributed by atoms with Gasteiger partial charge in [0.15, 0.2) is 0 Å². The maximum atomic E-state index is 11.7. The molecule has 1 aliphatic rings. The van der Waals surface area contributed by atoms with Gasteiger partial charge in [0, 0.05) is 24.8 Å². The molecule has 0 bridgehead atoms. The number of nitrogens with two attached hydrogens (primary N) is 1. The van der Waals surface area contributed by atoms with Crippen molar-refractivity contribution >= 4 is 21.6 Å². The van der Waals surface area contributed by atoms with Gasteiger partial charge in [-0.3, -0.25) is 4.79 Å². The quantitative estimate of drug-likeness (QED) is 0.763. The van der Waals surface area contributed by atoms with E-state index in [1.807, 2.05) is 6.07 Å². The molecule has 0 aliphatic carbocycles. The zero-order valence-electron chi connectivity index (χ0n) is 9.28. The van der Waals surface area contributed by atoms with Crippen LogP contribution in [0.25, 0.3) is 0 Å². The zero-order chi connectivity index (χ0) is 13.3. The van der Waals surface area contributed by atoms with E-state index >= 15 is 0 Å². The van der Waals surface area contributed by atoms with E-state index < -0.39 is 15.3 Å². The third kappa shape index (κ3) is 2.32. The van der Waals surface area contributed by atoms with Crippen LogP contribution in [0.3, 0.4) is 0 Å². The van der Waals surface area contributed by atoms with E-state index in [1.165, 1.54) is 17.2 Å². The number of hydrogen-bond donors (Lipinski definition) is 1. The largest absolute Gasteiger partial charge is 0.311 e. The van der Waals surface area contributed by atoms with Gasteiger partial charge in [0.05, 0.1) is 0 Å². The molecule has 1 aliphatic heterocycles. The summed E-state index contributed by atoms with van der Waals surface area (Å²) in [6.45, 7) is 0.00650. The highest BCUT2D eigenvalue weighted by atomic mass is 32.2. The van der Waals surface area contributed by atoms with Gasteiger partial charge in [-0.05, 0) is 12.1 Å². The van der Waals surface area contributed by atoms with Crippen LogP contribution in [0.15, 0.2) is 18.3 Å². The summed E-state index contributed by atoms with van der Waals surface area (Å²) in [4.78, 5) is 16.8. The number of amides is 1. The van der Waals surface area contributed by atoms with Crippen LogP contribution < -0.4 is 10.0 Å². The Morgan fingerprint density at radius 3 is 2.83 bits per heavy atom. The number of aromatic nitrogens is 1. The first kappa shape index (κ1) is 12.5. The average molecular weight is 266 g/mol. The predicted molar refractivity (Wildman–Crippen MR) is 62.8 cm³/mol. The molecular weight excluding hydrogens is 256 g/mol. The van der Waals surface area contributed by atoms with Gasteiger partial charge in [-0.1, -0.05) is 0 Å².